The number of carbonyl (C=O) groups is 2. The molecular weight excluding hydrogens is 361 g/mol. The molecule has 0 saturated carbocycles. The second-order valence-corrected chi connectivity index (χ2v) is 6.17. The van der Waals surface area contributed by atoms with Crippen LogP contribution in [0.25, 0.3) is 0 Å². The standard InChI is InChI=1S/C18H19Cl2N3O2/c1-2-5-16(24)22-13-7-3-6-12(10-13)21-11-17(25)23-15-9-4-8-14(19)18(15)20/h3-4,6-10,21H,2,5,11H2,1H3,(H,22,24)(H,23,25). The second kappa shape index (κ2) is 9.30. The first-order chi connectivity index (χ1) is 12.0. The van der Waals surface area contributed by atoms with E-state index in [1.807, 2.05) is 13.0 Å². The number of rotatable bonds is 7. The minimum absolute atomic E-state index is 0.0343. The number of benzene rings is 2. The Kier molecular flexibility index (Phi) is 7.10. The fourth-order valence-electron chi connectivity index (χ4n) is 2.13. The molecule has 0 aromatic heterocycles. The van der Waals surface area contributed by atoms with Crippen molar-refractivity contribution in [1.29, 1.82) is 0 Å². The Morgan fingerprint density at radius 2 is 1.68 bits per heavy atom. The van der Waals surface area contributed by atoms with E-state index < -0.39 is 0 Å². The lowest BCUT2D eigenvalue weighted by Crippen LogP contribution is -2.22. The predicted molar refractivity (Wildman–Crippen MR) is 104 cm³/mol. The van der Waals surface area contributed by atoms with E-state index in [4.69, 9.17) is 23.2 Å². The molecule has 2 amide bonds. The molecule has 0 fully saturated rings. The van der Waals surface area contributed by atoms with E-state index in [1.165, 1.54) is 0 Å². The molecule has 132 valence electrons. The Morgan fingerprint density at radius 1 is 0.960 bits per heavy atom. The maximum absolute atomic E-state index is 12.1. The Bertz CT molecular complexity index is 766. The normalized spacial score (nSPS) is 10.2. The molecule has 0 atom stereocenters. The van der Waals surface area contributed by atoms with Crippen LogP contribution in [0.5, 0.6) is 0 Å². The van der Waals surface area contributed by atoms with Crippen LogP contribution in [0.15, 0.2) is 42.5 Å². The number of nitrogens with one attached hydrogen (secondary N) is 3. The Labute approximate surface area is 156 Å². The van der Waals surface area contributed by atoms with Crippen molar-refractivity contribution < 1.29 is 9.59 Å². The number of halogens is 2. The maximum Gasteiger partial charge on any atom is 0.243 e. The van der Waals surface area contributed by atoms with E-state index in [0.717, 1.165) is 12.1 Å². The summed E-state index contributed by atoms with van der Waals surface area (Å²) in [5.74, 6) is -0.294. The van der Waals surface area contributed by atoms with Crippen LogP contribution in [0.4, 0.5) is 17.1 Å². The summed E-state index contributed by atoms with van der Waals surface area (Å²) in [6.45, 7) is 2.00. The Balaban J connectivity index is 1.91. The monoisotopic (exact) mass is 379 g/mol. The summed E-state index contributed by atoms with van der Waals surface area (Å²) >= 11 is 12.0. The molecule has 0 aliphatic heterocycles. The first-order valence-electron chi connectivity index (χ1n) is 7.87. The van der Waals surface area contributed by atoms with Crippen molar-refractivity contribution in [2.45, 2.75) is 19.8 Å². The number of amides is 2. The molecule has 2 aromatic rings. The van der Waals surface area contributed by atoms with Gasteiger partial charge in [0, 0.05) is 17.8 Å². The molecule has 2 rings (SSSR count). The van der Waals surface area contributed by atoms with Gasteiger partial charge in [-0.25, -0.2) is 0 Å². The van der Waals surface area contributed by atoms with E-state index in [0.29, 0.717) is 27.8 Å². The molecule has 5 nitrogen and oxygen atoms in total. The molecule has 2 aromatic carbocycles. The van der Waals surface area contributed by atoms with Crippen LogP contribution in [0.1, 0.15) is 19.8 Å². The summed E-state index contributed by atoms with van der Waals surface area (Å²) in [5, 5.41) is 9.20. The molecule has 0 heterocycles. The fraction of sp³-hybridized carbons (Fsp3) is 0.222. The van der Waals surface area contributed by atoms with E-state index in [1.54, 1.807) is 36.4 Å². The van der Waals surface area contributed by atoms with E-state index >= 15 is 0 Å². The van der Waals surface area contributed by atoms with Gasteiger partial charge in [-0.15, -0.1) is 0 Å². The fourth-order valence-corrected chi connectivity index (χ4v) is 2.48. The molecule has 0 aliphatic rings. The zero-order valence-corrected chi connectivity index (χ0v) is 15.2. The summed E-state index contributed by atoms with van der Waals surface area (Å²) in [6.07, 6.45) is 1.26. The first kappa shape index (κ1) is 19.1. The summed E-state index contributed by atoms with van der Waals surface area (Å²) in [7, 11) is 0. The zero-order valence-electron chi connectivity index (χ0n) is 13.7. The van der Waals surface area contributed by atoms with Crippen LogP contribution < -0.4 is 16.0 Å². The van der Waals surface area contributed by atoms with Gasteiger partial charge in [0.1, 0.15) is 0 Å². The minimum atomic E-state index is -0.260. The van der Waals surface area contributed by atoms with Crippen LogP contribution in [-0.4, -0.2) is 18.4 Å². The van der Waals surface area contributed by atoms with Gasteiger partial charge in [0.25, 0.3) is 0 Å². The van der Waals surface area contributed by atoms with E-state index in [-0.39, 0.29) is 18.4 Å². The number of hydrogen-bond donors (Lipinski definition) is 3. The van der Waals surface area contributed by atoms with Crippen molar-refractivity contribution in [3.63, 3.8) is 0 Å². The third kappa shape index (κ3) is 5.96. The molecule has 0 aliphatic carbocycles. The maximum atomic E-state index is 12.1. The van der Waals surface area contributed by atoms with Crippen molar-refractivity contribution in [1.82, 2.24) is 0 Å². The lowest BCUT2D eigenvalue weighted by atomic mass is 10.2. The van der Waals surface area contributed by atoms with Gasteiger partial charge in [-0.1, -0.05) is 42.3 Å². The summed E-state index contributed by atoms with van der Waals surface area (Å²) < 4.78 is 0. The third-order valence-corrected chi connectivity index (χ3v) is 4.12. The number of anilines is 3. The van der Waals surface area contributed by atoms with Crippen LogP contribution in [0.3, 0.4) is 0 Å². The molecule has 25 heavy (non-hydrogen) atoms. The van der Waals surface area contributed by atoms with Gasteiger partial charge in [-0.3, -0.25) is 9.59 Å². The van der Waals surface area contributed by atoms with Crippen molar-refractivity contribution in [3.8, 4) is 0 Å². The molecule has 0 radical (unpaired) electrons. The summed E-state index contributed by atoms with van der Waals surface area (Å²) in [6, 6.07) is 12.2. The first-order valence-corrected chi connectivity index (χ1v) is 8.63. The van der Waals surface area contributed by atoms with E-state index in [9.17, 15) is 9.59 Å². The number of hydrogen-bond acceptors (Lipinski definition) is 3. The topological polar surface area (TPSA) is 70.2 Å². The average molecular weight is 380 g/mol. The largest absolute Gasteiger partial charge is 0.376 e. The van der Waals surface area contributed by atoms with Gasteiger partial charge < -0.3 is 16.0 Å². The van der Waals surface area contributed by atoms with Crippen molar-refractivity contribution in [2.75, 3.05) is 22.5 Å². The lowest BCUT2D eigenvalue weighted by molar-refractivity contribution is -0.116. The highest BCUT2D eigenvalue weighted by molar-refractivity contribution is 6.44. The smallest absolute Gasteiger partial charge is 0.243 e. The molecule has 0 spiro atoms. The Hall–Kier alpha value is -2.24. The molecule has 0 unspecified atom stereocenters. The van der Waals surface area contributed by atoms with Crippen molar-refractivity contribution >= 4 is 52.1 Å². The molecule has 0 saturated heterocycles. The van der Waals surface area contributed by atoms with Gasteiger partial charge in [0.05, 0.1) is 22.3 Å². The summed E-state index contributed by atoms with van der Waals surface area (Å²) in [4.78, 5) is 23.7. The van der Waals surface area contributed by atoms with Crippen LogP contribution >= 0.6 is 23.2 Å². The van der Waals surface area contributed by atoms with E-state index in [2.05, 4.69) is 16.0 Å². The quantitative estimate of drug-likeness (QED) is 0.647. The SMILES string of the molecule is CCCC(=O)Nc1cccc(NCC(=O)Nc2cccc(Cl)c2Cl)c1. The van der Waals surface area contributed by atoms with Gasteiger partial charge in [-0.05, 0) is 36.8 Å². The van der Waals surface area contributed by atoms with Crippen LogP contribution in [0, 0.1) is 0 Å². The van der Waals surface area contributed by atoms with Crippen molar-refractivity contribution in [2.24, 2.45) is 0 Å². The molecule has 3 N–H and O–H groups in total. The molecule has 7 heteroatoms. The number of carbonyl (C=O) groups excluding carboxylic acids is 2. The van der Waals surface area contributed by atoms with Crippen LogP contribution in [0.2, 0.25) is 10.0 Å². The lowest BCUT2D eigenvalue weighted by Gasteiger charge is -2.11. The van der Waals surface area contributed by atoms with Crippen LogP contribution in [-0.2, 0) is 9.59 Å². The van der Waals surface area contributed by atoms with Gasteiger partial charge in [-0.2, -0.15) is 0 Å². The highest BCUT2D eigenvalue weighted by atomic mass is 35.5. The van der Waals surface area contributed by atoms with Crippen molar-refractivity contribution in [3.05, 3.63) is 52.5 Å². The molecule has 0 bridgehead atoms. The average Bonchev–Trinajstić information content (AvgIpc) is 2.58. The second-order valence-electron chi connectivity index (χ2n) is 5.38. The van der Waals surface area contributed by atoms with Gasteiger partial charge in [0.15, 0.2) is 0 Å². The highest BCUT2D eigenvalue weighted by Crippen LogP contribution is 2.29. The van der Waals surface area contributed by atoms with Gasteiger partial charge in [0.2, 0.25) is 11.8 Å². The third-order valence-electron chi connectivity index (χ3n) is 3.30. The molecular formula is C18H19Cl2N3O2. The minimum Gasteiger partial charge on any atom is -0.376 e. The predicted octanol–water partition coefficient (Wildman–Crippen LogP) is 4.78. The zero-order chi connectivity index (χ0) is 18.2. The van der Waals surface area contributed by atoms with Gasteiger partial charge >= 0.3 is 0 Å². The highest BCUT2D eigenvalue weighted by Gasteiger charge is 2.08. The Morgan fingerprint density at radius 3 is 2.44 bits per heavy atom. The summed E-state index contributed by atoms with van der Waals surface area (Å²) in [5.41, 5.74) is 1.87.